The second-order valence-corrected chi connectivity index (χ2v) is 6.08. The van der Waals surface area contributed by atoms with E-state index >= 15 is 0 Å². The Morgan fingerprint density at radius 1 is 1.30 bits per heavy atom. The molecule has 122 valence electrons. The maximum absolute atomic E-state index is 12.3. The fourth-order valence-electron chi connectivity index (χ4n) is 3.16. The summed E-state index contributed by atoms with van der Waals surface area (Å²) in [7, 11) is 1.63. The van der Waals surface area contributed by atoms with Gasteiger partial charge in [-0.15, -0.1) is 0 Å². The van der Waals surface area contributed by atoms with Gasteiger partial charge in [0.15, 0.2) is 0 Å². The molecule has 1 amide bonds. The Morgan fingerprint density at radius 3 is 2.87 bits per heavy atom. The predicted octanol–water partition coefficient (Wildman–Crippen LogP) is 3.40. The number of amides is 1. The van der Waals surface area contributed by atoms with Gasteiger partial charge in [0, 0.05) is 12.1 Å². The number of aromatic nitrogens is 2. The fraction of sp³-hybridized carbons (Fsp3) is 0.444. The average molecular weight is 313 g/mol. The Kier molecular flexibility index (Phi) is 4.95. The van der Waals surface area contributed by atoms with E-state index in [9.17, 15) is 4.79 Å². The van der Waals surface area contributed by atoms with Gasteiger partial charge < -0.3 is 10.1 Å². The van der Waals surface area contributed by atoms with Gasteiger partial charge in [0.25, 0.3) is 5.91 Å². The van der Waals surface area contributed by atoms with Gasteiger partial charge in [-0.1, -0.05) is 31.4 Å². The Labute approximate surface area is 136 Å². The summed E-state index contributed by atoms with van der Waals surface area (Å²) < 4.78 is 5.34. The lowest BCUT2D eigenvalue weighted by Crippen LogP contribution is -2.30. The maximum atomic E-state index is 12.3. The smallest absolute Gasteiger partial charge is 0.269 e. The van der Waals surface area contributed by atoms with Gasteiger partial charge in [-0.25, -0.2) is 0 Å². The highest BCUT2D eigenvalue weighted by molar-refractivity contribution is 5.93. The first-order chi connectivity index (χ1) is 11.3. The Bertz CT molecular complexity index is 660. The molecule has 1 aliphatic rings. The van der Waals surface area contributed by atoms with E-state index in [0.29, 0.717) is 17.3 Å². The van der Waals surface area contributed by atoms with E-state index in [-0.39, 0.29) is 5.91 Å². The molecule has 0 atom stereocenters. The molecule has 1 heterocycles. The first-order valence-electron chi connectivity index (χ1n) is 8.25. The normalized spacial score (nSPS) is 15.3. The Hall–Kier alpha value is -2.30. The molecule has 2 N–H and O–H groups in total. The third-order valence-corrected chi connectivity index (χ3v) is 4.48. The zero-order valence-electron chi connectivity index (χ0n) is 13.5. The van der Waals surface area contributed by atoms with Gasteiger partial charge >= 0.3 is 0 Å². The van der Waals surface area contributed by atoms with Crippen LogP contribution in [0.5, 0.6) is 5.75 Å². The van der Waals surface area contributed by atoms with Crippen molar-refractivity contribution in [2.45, 2.75) is 32.1 Å². The van der Waals surface area contributed by atoms with E-state index in [4.69, 9.17) is 4.74 Å². The van der Waals surface area contributed by atoms with Crippen molar-refractivity contribution in [2.24, 2.45) is 5.92 Å². The van der Waals surface area contributed by atoms with Crippen LogP contribution in [-0.4, -0.2) is 29.8 Å². The highest BCUT2D eigenvalue weighted by atomic mass is 16.5. The Morgan fingerprint density at radius 2 is 2.09 bits per heavy atom. The van der Waals surface area contributed by atoms with Gasteiger partial charge in [-0.05, 0) is 37.0 Å². The summed E-state index contributed by atoms with van der Waals surface area (Å²) in [6, 6.07) is 9.42. The second kappa shape index (κ2) is 7.31. The van der Waals surface area contributed by atoms with Crippen LogP contribution in [0.4, 0.5) is 0 Å². The number of nitrogens with one attached hydrogen (secondary N) is 2. The first-order valence-corrected chi connectivity index (χ1v) is 8.25. The zero-order chi connectivity index (χ0) is 16.1. The Balaban J connectivity index is 1.65. The van der Waals surface area contributed by atoms with Crippen LogP contribution in [0.1, 0.15) is 42.6 Å². The summed E-state index contributed by atoms with van der Waals surface area (Å²) in [5.74, 6) is 1.27. The molecule has 23 heavy (non-hydrogen) atoms. The minimum absolute atomic E-state index is 0.0933. The number of hydrogen-bond donors (Lipinski definition) is 2. The molecule has 0 unspecified atom stereocenters. The predicted molar refractivity (Wildman–Crippen MR) is 89.5 cm³/mol. The van der Waals surface area contributed by atoms with E-state index < -0.39 is 0 Å². The highest BCUT2D eigenvalue weighted by Gasteiger charge is 2.17. The minimum Gasteiger partial charge on any atom is -0.496 e. The molecule has 0 radical (unpaired) electrons. The number of rotatable bonds is 5. The van der Waals surface area contributed by atoms with Crippen molar-refractivity contribution in [2.75, 3.05) is 13.7 Å². The van der Waals surface area contributed by atoms with Crippen LogP contribution in [-0.2, 0) is 0 Å². The van der Waals surface area contributed by atoms with Crippen LogP contribution in [0.25, 0.3) is 11.3 Å². The average Bonchev–Trinajstić information content (AvgIpc) is 3.10. The second-order valence-electron chi connectivity index (χ2n) is 6.08. The summed E-state index contributed by atoms with van der Waals surface area (Å²) in [5, 5.41) is 10.1. The van der Waals surface area contributed by atoms with Crippen LogP contribution >= 0.6 is 0 Å². The lowest BCUT2D eigenvalue weighted by Gasteiger charge is -2.21. The number of carbonyl (C=O) groups is 1. The van der Waals surface area contributed by atoms with E-state index in [2.05, 4.69) is 15.5 Å². The molecule has 0 aliphatic heterocycles. The first kappa shape index (κ1) is 15.6. The summed E-state index contributed by atoms with van der Waals surface area (Å²) in [6.45, 7) is 0.752. The van der Waals surface area contributed by atoms with Crippen molar-refractivity contribution >= 4 is 5.91 Å². The summed E-state index contributed by atoms with van der Waals surface area (Å²) in [5.41, 5.74) is 2.07. The van der Waals surface area contributed by atoms with Gasteiger partial charge in [0.1, 0.15) is 11.4 Å². The molecule has 5 heteroatoms. The lowest BCUT2D eigenvalue weighted by atomic mass is 9.89. The van der Waals surface area contributed by atoms with Gasteiger partial charge in [0.2, 0.25) is 0 Å². The number of hydrogen-bond acceptors (Lipinski definition) is 3. The number of nitrogens with zero attached hydrogens (tertiary/aromatic N) is 1. The number of carbonyl (C=O) groups excluding carboxylic acids is 1. The molecular weight excluding hydrogens is 290 g/mol. The monoisotopic (exact) mass is 313 g/mol. The number of methoxy groups -OCH3 is 1. The van der Waals surface area contributed by atoms with Crippen molar-refractivity contribution in [1.29, 1.82) is 0 Å². The summed E-state index contributed by atoms with van der Waals surface area (Å²) >= 11 is 0. The maximum Gasteiger partial charge on any atom is 0.269 e. The molecule has 5 nitrogen and oxygen atoms in total. The molecular formula is C18H23N3O2. The van der Waals surface area contributed by atoms with Crippen molar-refractivity contribution in [3.63, 3.8) is 0 Å². The zero-order valence-corrected chi connectivity index (χ0v) is 13.5. The molecule has 3 rings (SSSR count). The summed E-state index contributed by atoms with van der Waals surface area (Å²) in [4.78, 5) is 12.3. The summed E-state index contributed by atoms with van der Waals surface area (Å²) in [6.07, 6.45) is 6.32. The van der Waals surface area contributed by atoms with Gasteiger partial charge in [0.05, 0.1) is 12.8 Å². The fourth-order valence-corrected chi connectivity index (χ4v) is 3.16. The van der Waals surface area contributed by atoms with Crippen molar-refractivity contribution in [1.82, 2.24) is 15.5 Å². The van der Waals surface area contributed by atoms with Crippen LogP contribution in [0.15, 0.2) is 30.3 Å². The molecule has 1 aliphatic carbocycles. The van der Waals surface area contributed by atoms with E-state index in [1.807, 2.05) is 24.3 Å². The van der Waals surface area contributed by atoms with E-state index in [1.165, 1.54) is 32.1 Å². The minimum atomic E-state index is -0.0933. The molecule has 1 aromatic heterocycles. The molecule has 1 aromatic carbocycles. The van der Waals surface area contributed by atoms with E-state index in [1.54, 1.807) is 13.2 Å². The van der Waals surface area contributed by atoms with Gasteiger partial charge in [-0.3, -0.25) is 9.89 Å². The van der Waals surface area contributed by atoms with Crippen LogP contribution in [0.3, 0.4) is 0 Å². The largest absolute Gasteiger partial charge is 0.496 e. The molecule has 0 spiro atoms. The van der Waals surface area contributed by atoms with Crippen LogP contribution < -0.4 is 10.1 Å². The number of para-hydroxylation sites is 1. The third kappa shape index (κ3) is 3.73. The van der Waals surface area contributed by atoms with E-state index in [0.717, 1.165) is 17.9 Å². The van der Waals surface area contributed by atoms with Crippen LogP contribution in [0, 0.1) is 5.92 Å². The van der Waals surface area contributed by atoms with Crippen LogP contribution in [0.2, 0.25) is 0 Å². The lowest BCUT2D eigenvalue weighted by molar-refractivity contribution is 0.0938. The number of aromatic amines is 1. The van der Waals surface area contributed by atoms with Crippen molar-refractivity contribution in [3.05, 3.63) is 36.0 Å². The highest BCUT2D eigenvalue weighted by Crippen LogP contribution is 2.28. The molecule has 1 fully saturated rings. The number of ether oxygens (including phenoxy) is 1. The topological polar surface area (TPSA) is 67.0 Å². The standard InChI is InChI=1S/C18H23N3O2/c1-23-17-10-6-5-9-14(17)15-11-16(21-20-15)18(22)19-12-13-7-3-2-4-8-13/h5-6,9-11,13H,2-4,7-8,12H2,1H3,(H,19,22)(H,20,21). The molecule has 0 saturated heterocycles. The van der Waals surface area contributed by atoms with Gasteiger partial charge in [-0.2, -0.15) is 5.10 Å². The molecule has 2 aromatic rings. The third-order valence-electron chi connectivity index (χ3n) is 4.48. The SMILES string of the molecule is COc1ccccc1-c1cc(C(=O)NCC2CCCCC2)[nH]n1. The molecule has 0 bridgehead atoms. The molecule has 1 saturated carbocycles. The van der Waals surface area contributed by atoms with Crippen molar-refractivity contribution < 1.29 is 9.53 Å². The number of benzene rings is 1. The number of H-pyrrole nitrogens is 1. The quantitative estimate of drug-likeness (QED) is 0.889. The van der Waals surface area contributed by atoms with Crippen molar-refractivity contribution in [3.8, 4) is 17.0 Å².